The SMILES string of the molecule is CCC(Cl)C(=O)c1cc(C)cc(C)c1OC. The summed E-state index contributed by atoms with van der Waals surface area (Å²) in [7, 11) is 1.57. The first kappa shape index (κ1) is 13.0. The van der Waals surface area contributed by atoms with Gasteiger partial charge in [0, 0.05) is 0 Å². The number of Topliss-reactive ketones (excluding diaryl/α,β-unsaturated/α-hetero) is 1. The van der Waals surface area contributed by atoms with Crippen molar-refractivity contribution in [3.63, 3.8) is 0 Å². The molecular formula is C13H17ClO2. The lowest BCUT2D eigenvalue weighted by atomic mass is 10.00. The van der Waals surface area contributed by atoms with Crippen LogP contribution in [-0.4, -0.2) is 18.3 Å². The van der Waals surface area contributed by atoms with Gasteiger partial charge in [-0.05, 0) is 37.5 Å². The van der Waals surface area contributed by atoms with Crippen molar-refractivity contribution < 1.29 is 9.53 Å². The van der Waals surface area contributed by atoms with Crippen LogP contribution in [-0.2, 0) is 0 Å². The number of carbonyl (C=O) groups excluding carboxylic acids is 1. The number of ether oxygens (including phenoxy) is 1. The lowest BCUT2D eigenvalue weighted by Gasteiger charge is -2.13. The Kier molecular flexibility index (Phi) is 4.36. The molecule has 0 aliphatic carbocycles. The van der Waals surface area contributed by atoms with Crippen molar-refractivity contribution in [2.45, 2.75) is 32.6 Å². The molecule has 1 aromatic rings. The average molecular weight is 241 g/mol. The number of halogens is 1. The van der Waals surface area contributed by atoms with Crippen molar-refractivity contribution in [3.05, 3.63) is 28.8 Å². The van der Waals surface area contributed by atoms with Gasteiger partial charge >= 0.3 is 0 Å². The van der Waals surface area contributed by atoms with E-state index in [1.807, 2.05) is 32.9 Å². The molecular weight excluding hydrogens is 224 g/mol. The van der Waals surface area contributed by atoms with Crippen molar-refractivity contribution >= 4 is 17.4 Å². The zero-order valence-electron chi connectivity index (χ0n) is 10.1. The maximum atomic E-state index is 12.0. The lowest BCUT2D eigenvalue weighted by molar-refractivity contribution is 0.0982. The van der Waals surface area contributed by atoms with Crippen LogP contribution >= 0.6 is 11.6 Å². The largest absolute Gasteiger partial charge is 0.496 e. The summed E-state index contributed by atoms with van der Waals surface area (Å²) in [5.41, 5.74) is 2.59. The van der Waals surface area contributed by atoms with E-state index in [2.05, 4.69) is 0 Å². The Morgan fingerprint density at radius 1 is 1.44 bits per heavy atom. The van der Waals surface area contributed by atoms with Crippen LogP contribution < -0.4 is 4.74 Å². The molecule has 16 heavy (non-hydrogen) atoms. The number of methoxy groups -OCH3 is 1. The first-order valence-electron chi connectivity index (χ1n) is 5.34. The Bertz CT molecular complexity index is 399. The fourth-order valence-corrected chi connectivity index (χ4v) is 1.88. The molecule has 0 amide bonds. The molecule has 1 aromatic carbocycles. The molecule has 0 saturated carbocycles. The van der Waals surface area contributed by atoms with Gasteiger partial charge in [-0.25, -0.2) is 0 Å². The van der Waals surface area contributed by atoms with Crippen LogP contribution in [0.15, 0.2) is 12.1 Å². The van der Waals surface area contributed by atoms with Gasteiger partial charge in [-0.3, -0.25) is 4.79 Å². The predicted molar refractivity (Wildman–Crippen MR) is 66.7 cm³/mol. The number of hydrogen-bond donors (Lipinski definition) is 0. The maximum absolute atomic E-state index is 12.0. The molecule has 1 atom stereocenters. The number of carbonyl (C=O) groups is 1. The van der Waals surface area contributed by atoms with E-state index < -0.39 is 5.38 Å². The Morgan fingerprint density at radius 2 is 2.06 bits per heavy atom. The summed E-state index contributed by atoms with van der Waals surface area (Å²) in [5, 5.41) is -0.477. The molecule has 3 heteroatoms. The summed E-state index contributed by atoms with van der Waals surface area (Å²) in [4.78, 5) is 12.0. The van der Waals surface area contributed by atoms with Gasteiger partial charge in [-0.15, -0.1) is 11.6 Å². The Labute approximate surface area is 102 Å². The van der Waals surface area contributed by atoms with Crippen LogP contribution in [0.4, 0.5) is 0 Å². The monoisotopic (exact) mass is 240 g/mol. The first-order valence-corrected chi connectivity index (χ1v) is 5.78. The molecule has 0 bridgehead atoms. The number of alkyl halides is 1. The molecule has 2 nitrogen and oxygen atoms in total. The summed E-state index contributed by atoms with van der Waals surface area (Å²) >= 11 is 5.98. The number of aryl methyl sites for hydroxylation is 2. The molecule has 0 fully saturated rings. The molecule has 88 valence electrons. The second-order valence-electron chi connectivity index (χ2n) is 3.90. The van der Waals surface area contributed by atoms with Crippen molar-refractivity contribution in [1.82, 2.24) is 0 Å². The first-order chi connectivity index (χ1) is 7.51. The predicted octanol–water partition coefficient (Wildman–Crippen LogP) is 3.51. The van der Waals surface area contributed by atoms with E-state index in [1.165, 1.54) is 0 Å². The molecule has 1 rings (SSSR count). The molecule has 0 saturated heterocycles. The minimum Gasteiger partial charge on any atom is -0.496 e. The standard InChI is InChI=1S/C13H17ClO2/c1-5-11(14)12(15)10-7-8(2)6-9(3)13(10)16-4/h6-7,11H,5H2,1-4H3. The van der Waals surface area contributed by atoms with E-state index >= 15 is 0 Å². The van der Waals surface area contributed by atoms with E-state index in [9.17, 15) is 4.79 Å². The summed E-state index contributed by atoms with van der Waals surface area (Å²) in [6.45, 7) is 5.78. The Morgan fingerprint density at radius 3 is 2.56 bits per heavy atom. The minimum atomic E-state index is -0.477. The number of benzene rings is 1. The topological polar surface area (TPSA) is 26.3 Å². The van der Waals surface area contributed by atoms with E-state index in [1.54, 1.807) is 7.11 Å². The quantitative estimate of drug-likeness (QED) is 0.595. The Balaban J connectivity index is 3.26. The molecule has 0 aliphatic heterocycles. The fraction of sp³-hybridized carbons (Fsp3) is 0.462. The second-order valence-corrected chi connectivity index (χ2v) is 4.43. The smallest absolute Gasteiger partial charge is 0.184 e. The number of hydrogen-bond acceptors (Lipinski definition) is 2. The molecule has 0 heterocycles. The van der Waals surface area contributed by atoms with Crippen molar-refractivity contribution in [2.75, 3.05) is 7.11 Å². The van der Waals surface area contributed by atoms with Gasteiger partial charge < -0.3 is 4.74 Å². The van der Waals surface area contributed by atoms with Crippen LogP contribution in [0.2, 0.25) is 0 Å². The van der Waals surface area contributed by atoms with Crippen LogP contribution in [0.25, 0.3) is 0 Å². The third kappa shape index (κ3) is 2.56. The van der Waals surface area contributed by atoms with Gasteiger partial charge in [0.15, 0.2) is 5.78 Å². The van der Waals surface area contributed by atoms with E-state index in [4.69, 9.17) is 16.3 Å². The van der Waals surface area contributed by atoms with Crippen LogP contribution in [0.3, 0.4) is 0 Å². The normalized spacial score (nSPS) is 12.3. The summed E-state index contributed by atoms with van der Waals surface area (Å²) in [6.07, 6.45) is 0.622. The van der Waals surface area contributed by atoms with E-state index in [0.717, 1.165) is 11.1 Å². The van der Waals surface area contributed by atoms with Crippen molar-refractivity contribution in [1.29, 1.82) is 0 Å². The van der Waals surface area contributed by atoms with Crippen LogP contribution in [0.5, 0.6) is 5.75 Å². The highest BCUT2D eigenvalue weighted by molar-refractivity contribution is 6.34. The van der Waals surface area contributed by atoms with Gasteiger partial charge in [0.05, 0.1) is 18.1 Å². The van der Waals surface area contributed by atoms with Crippen LogP contribution in [0, 0.1) is 13.8 Å². The highest BCUT2D eigenvalue weighted by Gasteiger charge is 2.20. The Hall–Kier alpha value is -1.02. The maximum Gasteiger partial charge on any atom is 0.184 e. The zero-order valence-corrected chi connectivity index (χ0v) is 10.9. The third-order valence-corrected chi connectivity index (χ3v) is 3.04. The zero-order chi connectivity index (χ0) is 12.3. The van der Waals surface area contributed by atoms with Gasteiger partial charge in [0.2, 0.25) is 0 Å². The van der Waals surface area contributed by atoms with Gasteiger partial charge in [0.25, 0.3) is 0 Å². The summed E-state index contributed by atoms with van der Waals surface area (Å²) in [6, 6.07) is 3.82. The third-order valence-electron chi connectivity index (χ3n) is 2.53. The lowest BCUT2D eigenvalue weighted by Crippen LogP contribution is -2.15. The van der Waals surface area contributed by atoms with Gasteiger partial charge in [0.1, 0.15) is 5.75 Å². The average Bonchev–Trinajstić information content (AvgIpc) is 2.26. The van der Waals surface area contributed by atoms with Crippen LogP contribution in [0.1, 0.15) is 34.8 Å². The van der Waals surface area contributed by atoms with E-state index in [-0.39, 0.29) is 5.78 Å². The fourth-order valence-electron chi connectivity index (χ4n) is 1.76. The van der Waals surface area contributed by atoms with Crippen molar-refractivity contribution in [3.8, 4) is 5.75 Å². The molecule has 0 radical (unpaired) electrons. The summed E-state index contributed by atoms with van der Waals surface area (Å²) < 4.78 is 5.27. The molecule has 0 N–H and O–H groups in total. The number of rotatable bonds is 4. The van der Waals surface area contributed by atoms with E-state index in [0.29, 0.717) is 17.7 Å². The van der Waals surface area contributed by atoms with Crippen molar-refractivity contribution in [2.24, 2.45) is 0 Å². The highest BCUT2D eigenvalue weighted by atomic mass is 35.5. The molecule has 1 unspecified atom stereocenters. The summed E-state index contributed by atoms with van der Waals surface area (Å²) in [5.74, 6) is 0.572. The number of ketones is 1. The minimum absolute atomic E-state index is 0.0622. The highest BCUT2D eigenvalue weighted by Crippen LogP contribution is 2.27. The second kappa shape index (κ2) is 5.35. The van der Waals surface area contributed by atoms with Gasteiger partial charge in [-0.2, -0.15) is 0 Å². The van der Waals surface area contributed by atoms with Gasteiger partial charge in [-0.1, -0.05) is 13.0 Å². The molecule has 0 spiro atoms. The molecule has 0 aliphatic rings. The molecule has 0 aromatic heterocycles.